The van der Waals surface area contributed by atoms with E-state index in [1.54, 1.807) is 4.57 Å². The molecule has 0 N–H and O–H groups in total. The summed E-state index contributed by atoms with van der Waals surface area (Å²) in [5, 5.41) is 3.53. The second-order valence-electron chi connectivity index (χ2n) is 7.34. The number of aromatic nitrogens is 1. The smallest absolute Gasteiger partial charge is 0.261 e. The van der Waals surface area contributed by atoms with E-state index in [9.17, 15) is 4.79 Å². The van der Waals surface area contributed by atoms with Gasteiger partial charge in [-0.3, -0.25) is 4.79 Å². The predicted octanol–water partition coefficient (Wildman–Crippen LogP) is 3.32. The number of pyridine rings is 1. The van der Waals surface area contributed by atoms with Crippen molar-refractivity contribution in [1.82, 2.24) is 9.14 Å². The summed E-state index contributed by atoms with van der Waals surface area (Å²) in [5.74, 6) is 0. The molecule has 0 atom stereocenters. The normalized spacial score (nSPS) is 11.5. The fraction of sp³-hybridized carbons (Fsp3) is 0.304. The zero-order valence-corrected chi connectivity index (χ0v) is 17.1. The van der Waals surface area contributed by atoms with Crippen molar-refractivity contribution in [3.05, 3.63) is 58.2 Å². The van der Waals surface area contributed by atoms with E-state index in [2.05, 4.69) is 36.9 Å². The second-order valence-corrected chi connectivity index (χ2v) is 7.34. The molecule has 0 radical (unpaired) electrons. The van der Waals surface area contributed by atoms with Crippen LogP contribution in [0.15, 0.2) is 51.7 Å². The highest BCUT2D eigenvalue weighted by atomic mass is 16.3. The van der Waals surface area contributed by atoms with E-state index in [1.807, 2.05) is 50.0 Å². The minimum absolute atomic E-state index is 0.0446. The number of hydrogen-bond acceptors (Lipinski definition) is 3. The average Bonchev–Trinajstić information content (AvgIpc) is 2.71. The molecule has 2 heterocycles. The first kappa shape index (κ1) is 18.3. The van der Waals surface area contributed by atoms with Crippen molar-refractivity contribution in [2.24, 2.45) is 7.05 Å². The molecule has 4 rings (SSSR count). The third kappa shape index (κ3) is 2.78. The van der Waals surface area contributed by atoms with Crippen LogP contribution in [-0.2, 0) is 7.05 Å². The predicted molar refractivity (Wildman–Crippen MR) is 117 cm³/mol. The summed E-state index contributed by atoms with van der Waals surface area (Å²) in [6.45, 7) is 6.16. The van der Waals surface area contributed by atoms with Gasteiger partial charge in [0.2, 0.25) is 5.36 Å². The molecule has 0 aliphatic carbocycles. The monoisotopic (exact) mass is 376 g/mol. The van der Waals surface area contributed by atoms with Gasteiger partial charge in [0.25, 0.3) is 5.56 Å². The molecule has 0 unspecified atom stereocenters. The van der Waals surface area contributed by atoms with Gasteiger partial charge in [0.05, 0.1) is 10.9 Å². The molecule has 4 aromatic rings. The van der Waals surface area contributed by atoms with Crippen molar-refractivity contribution < 1.29 is 4.42 Å². The molecule has 0 saturated heterocycles. The van der Waals surface area contributed by atoms with E-state index >= 15 is 0 Å². The van der Waals surface area contributed by atoms with Crippen LogP contribution < -0.4 is 20.4 Å². The SMILES string of the molecule is CCN(CC)c1ccc2cc3c(=O)n(C)c4cc(=[N+](C)C)ccc4c3oc2c1. The highest BCUT2D eigenvalue weighted by Crippen LogP contribution is 2.29. The molecule has 0 spiro atoms. The largest absolute Gasteiger partial charge is 0.455 e. The number of aryl methyl sites for hydroxylation is 1. The molecule has 2 aromatic carbocycles. The molecule has 0 bridgehead atoms. The quantitative estimate of drug-likeness (QED) is 0.313. The van der Waals surface area contributed by atoms with Gasteiger partial charge in [-0.25, -0.2) is 4.58 Å². The van der Waals surface area contributed by atoms with Crippen LogP contribution >= 0.6 is 0 Å². The molecule has 0 fully saturated rings. The molecule has 5 nitrogen and oxygen atoms in total. The summed E-state index contributed by atoms with van der Waals surface area (Å²) in [5.41, 5.74) is 3.39. The Morgan fingerprint density at radius 2 is 1.75 bits per heavy atom. The van der Waals surface area contributed by atoms with E-state index in [-0.39, 0.29) is 5.56 Å². The Morgan fingerprint density at radius 1 is 1.00 bits per heavy atom. The Kier molecular flexibility index (Phi) is 4.46. The molecular weight excluding hydrogens is 350 g/mol. The third-order valence-corrected chi connectivity index (χ3v) is 5.52. The molecule has 0 saturated carbocycles. The lowest BCUT2D eigenvalue weighted by molar-refractivity contribution is 0.662. The number of benzene rings is 2. The van der Waals surface area contributed by atoms with Crippen LogP contribution in [0.1, 0.15) is 13.8 Å². The molecular formula is C23H26N3O2+. The molecule has 144 valence electrons. The standard InChI is InChI=1S/C23H26N3O2/c1-6-26(7-2)17-9-8-15-12-19-22(28-21(15)14-17)18-11-10-16(24(3)4)13-20(18)25(5)23(19)27/h8-14H,6-7H2,1-5H3/q+1. The molecule has 5 heteroatoms. The number of fused-ring (bicyclic) bond motifs is 4. The minimum Gasteiger partial charge on any atom is -0.455 e. The van der Waals surface area contributed by atoms with Gasteiger partial charge in [0.15, 0.2) is 0 Å². The number of anilines is 1. The molecule has 28 heavy (non-hydrogen) atoms. The number of rotatable bonds is 3. The van der Waals surface area contributed by atoms with Gasteiger partial charge in [-0.15, -0.1) is 0 Å². The highest BCUT2D eigenvalue weighted by Gasteiger charge is 2.14. The van der Waals surface area contributed by atoms with Crippen LogP contribution in [0.25, 0.3) is 32.8 Å². The number of hydrogen-bond donors (Lipinski definition) is 0. The second kappa shape index (κ2) is 6.82. The van der Waals surface area contributed by atoms with Gasteiger partial charge in [0, 0.05) is 54.8 Å². The fourth-order valence-electron chi connectivity index (χ4n) is 3.82. The van der Waals surface area contributed by atoms with Gasteiger partial charge >= 0.3 is 0 Å². The van der Waals surface area contributed by atoms with Gasteiger partial charge in [0.1, 0.15) is 25.3 Å². The third-order valence-electron chi connectivity index (χ3n) is 5.52. The Balaban J connectivity index is 2.11. The van der Waals surface area contributed by atoms with E-state index in [0.29, 0.717) is 11.0 Å². The molecule has 2 aromatic heterocycles. The maximum atomic E-state index is 13.0. The summed E-state index contributed by atoms with van der Waals surface area (Å²) >= 11 is 0. The van der Waals surface area contributed by atoms with Crippen molar-refractivity contribution in [1.29, 1.82) is 0 Å². The van der Waals surface area contributed by atoms with E-state index in [0.717, 1.165) is 46.0 Å². The van der Waals surface area contributed by atoms with Crippen molar-refractivity contribution in [2.75, 3.05) is 32.1 Å². The van der Waals surface area contributed by atoms with Gasteiger partial charge in [-0.1, -0.05) is 0 Å². The zero-order valence-electron chi connectivity index (χ0n) is 17.1. The Hall–Kier alpha value is -3.08. The lowest BCUT2D eigenvalue weighted by atomic mass is 10.1. The maximum Gasteiger partial charge on any atom is 0.261 e. The van der Waals surface area contributed by atoms with Gasteiger partial charge in [-0.05, 0) is 38.1 Å². The van der Waals surface area contributed by atoms with Crippen LogP contribution in [0, 0.1) is 0 Å². The van der Waals surface area contributed by atoms with E-state index < -0.39 is 0 Å². The van der Waals surface area contributed by atoms with E-state index in [1.165, 1.54) is 0 Å². The number of nitrogens with zero attached hydrogens (tertiary/aromatic N) is 3. The fourth-order valence-corrected chi connectivity index (χ4v) is 3.82. The van der Waals surface area contributed by atoms with Crippen LogP contribution in [0.3, 0.4) is 0 Å². The Labute approximate surface area is 163 Å². The van der Waals surface area contributed by atoms with Crippen LogP contribution in [-0.4, -0.2) is 31.8 Å². The lowest BCUT2D eigenvalue weighted by Gasteiger charge is -2.21. The summed E-state index contributed by atoms with van der Waals surface area (Å²) in [6, 6.07) is 14.3. The van der Waals surface area contributed by atoms with Crippen molar-refractivity contribution in [3.8, 4) is 0 Å². The first-order valence-electron chi connectivity index (χ1n) is 9.70. The Bertz CT molecular complexity index is 1340. The summed E-state index contributed by atoms with van der Waals surface area (Å²) in [7, 11) is 5.80. The molecule has 0 aliphatic rings. The summed E-state index contributed by atoms with van der Waals surface area (Å²) in [6.07, 6.45) is 0. The maximum absolute atomic E-state index is 13.0. The highest BCUT2D eigenvalue weighted by molar-refractivity contribution is 6.05. The van der Waals surface area contributed by atoms with E-state index in [4.69, 9.17) is 4.42 Å². The van der Waals surface area contributed by atoms with Crippen LogP contribution in [0.4, 0.5) is 5.69 Å². The van der Waals surface area contributed by atoms with Gasteiger partial charge < -0.3 is 13.9 Å². The minimum atomic E-state index is -0.0446. The van der Waals surface area contributed by atoms with Crippen molar-refractivity contribution in [2.45, 2.75) is 13.8 Å². The molecule has 0 aliphatic heterocycles. The Morgan fingerprint density at radius 3 is 2.43 bits per heavy atom. The van der Waals surface area contributed by atoms with Crippen LogP contribution in [0.2, 0.25) is 0 Å². The topological polar surface area (TPSA) is 41.4 Å². The first-order valence-corrected chi connectivity index (χ1v) is 9.70. The average molecular weight is 376 g/mol. The summed E-state index contributed by atoms with van der Waals surface area (Å²) < 4.78 is 10.1. The lowest BCUT2D eigenvalue weighted by Crippen LogP contribution is -2.23. The van der Waals surface area contributed by atoms with Crippen molar-refractivity contribution >= 4 is 38.5 Å². The summed E-state index contributed by atoms with van der Waals surface area (Å²) in [4.78, 5) is 15.3. The zero-order chi connectivity index (χ0) is 20.0. The van der Waals surface area contributed by atoms with Crippen molar-refractivity contribution in [3.63, 3.8) is 0 Å². The van der Waals surface area contributed by atoms with Gasteiger partial charge in [-0.2, -0.15) is 0 Å². The van der Waals surface area contributed by atoms with Crippen LogP contribution in [0.5, 0.6) is 0 Å². The molecule has 0 amide bonds. The first-order chi connectivity index (χ1) is 13.4.